The van der Waals surface area contributed by atoms with Crippen LogP contribution in [0.15, 0.2) is 0 Å². The normalized spacial score (nSPS) is 24.2. The molecule has 5 heteroatoms. The van der Waals surface area contributed by atoms with E-state index >= 15 is 0 Å². The largest absolute Gasteiger partial charge is 0.360 e. The van der Waals surface area contributed by atoms with Gasteiger partial charge >= 0.3 is 0 Å². The Balaban J connectivity index is 1.78. The van der Waals surface area contributed by atoms with Crippen LogP contribution in [-0.2, 0) is 9.47 Å². The summed E-state index contributed by atoms with van der Waals surface area (Å²) in [5.74, 6) is -0.406. The number of thiocarbonyl (C=S) groups is 1. The fourth-order valence-corrected chi connectivity index (χ4v) is 3.40. The van der Waals surface area contributed by atoms with Gasteiger partial charge in [0, 0.05) is 46.2 Å². The van der Waals surface area contributed by atoms with Crippen LogP contribution in [0, 0.1) is 0 Å². The number of likely N-dealkylation sites (tertiary alicyclic amines) is 1. The topological polar surface area (TPSA) is 33.7 Å². The number of ether oxygens (including phenoxy) is 2. The first-order chi connectivity index (χ1) is 9.19. The van der Waals surface area contributed by atoms with Gasteiger partial charge < -0.3 is 19.7 Å². The molecule has 1 aliphatic carbocycles. The van der Waals surface area contributed by atoms with Crippen LogP contribution in [0.25, 0.3) is 0 Å². The molecule has 0 amide bonds. The van der Waals surface area contributed by atoms with Gasteiger partial charge in [-0.15, -0.1) is 0 Å². The van der Waals surface area contributed by atoms with Gasteiger partial charge in [-0.05, 0) is 25.1 Å². The summed E-state index contributed by atoms with van der Waals surface area (Å²) < 4.78 is 11.0. The van der Waals surface area contributed by atoms with Crippen LogP contribution < -0.4 is 5.32 Å². The molecule has 19 heavy (non-hydrogen) atoms. The van der Waals surface area contributed by atoms with E-state index in [1.54, 1.807) is 14.2 Å². The van der Waals surface area contributed by atoms with E-state index < -0.39 is 5.79 Å². The molecule has 110 valence electrons. The van der Waals surface area contributed by atoms with Crippen LogP contribution in [0.3, 0.4) is 0 Å². The molecule has 2 aliphatic rings. The molecule has 0 aromatic heterocycles. The lowest BCUT2D eigenvalue weighted by atomic mass is 9.96. The Labute approximate surface area is 121 Å². The molecule has 2 rings (SSSR count). The Morgan fingerprint density at radius 3 is 2.21 bits per heavy atom. The first kappa shape index (κ1) is 15.0. The van der Waals surface area contributed by atoms with Crippen molar-refractivity contribution in [1.82, 2.24) is 10.2 Å². The van der Waals surface area contributed by atoms with Crippen molar-refractivity contribution in [3.63, 3.8) is 0 Å². The van der Waals surface area contributed by atoms with Crippen molar-refractivity contribution in [2.75, 3.05) is 27.3 Å². The van der Waals surface area contributed by atoms with Gasteiger partial charge in [-0.1, -0.05) is 19.3 Å². The Hall–Kier alpha value is -0.390. The molecule has 1 N–H and O–H groups in total. The molecular weight excluding hydrogens is 260 g/mol. The van der Waals surface area contributed by atoms with Crippen LogP contribution in [-0.4, -0.2) is 49.2 Å². The lowest BCUT2D eigenvalue weighted by Crippen LogP contribution is -2.53. The van der Waals surface area contributed by atoms with Crippen LogP contribution in [0.1, 0.15) is 44.9 Å². The van der Waals surface area contributed by atoms with Crippen molar-refractivity contribution in [3.05, 3.63) is 0 Å². The third kappa shape index (κ3) is 3.80. The number of rotatable bonds is 3. The molecule has 1 aliphatic heterocycles. The smallest absolute Gasteiger partial charge is 0.170 e. The number of nitrogens with zero attached hydrogens (tertiary/aromatic N) is 1. The second-order valence-corrected chi connectivity index (χ2v) is 5.98. The average molecular weight is 286 g/mol. The molecule has 0 radical (unpaired) electrons. The Bertz CT molecular complexity index is 292. The number of nitrogens with one attached hydrogen (secondary N) is 1. The maximum Gasteiger partial charge on any atom is 0.170 e. The second kappa shape index (κ2) is 6.86. The monoisotopic (exact) mass is 286 g/mol. The van der Waals surface area contributed by atoms with E-state index in [-0.39, 0.29) is 0 Å². The summed E-state index contributed by atoms with van der Waals surface area (Å²) in [6.45, 7) is 1.81. The quantitative estimate of drug-likeness (QED) is 0.636. The highest BCUT2D eigenvalue weighted by molar-refractivity contribution is 7.80. The molecule has 2 fully saturated rings. The average Bonchev–Trinajstić information content (AvgIpc) is 2.48. The van der Waals surface area contributed by atoms with Gasteiger partial charge in [0.25, 0.3) is 0 Å². The lowest BCUT2D eigenvalue weighted by molar-refractivity contribution is -0.225. The first-order valence-corrected chi connectivity index (χ1v) is 7.76. The summed E-state index contributed by atoms with van der Waals surface area (Å²) in [4.78, 5) is 2.25. The fraction of sp³-hybridized carbons (Fsp3) is 0.929. The third-order valence-corrected chi connectivity index (χ3v) is 4.87. The van der Waals surface area contributed by atoms with Crippen molar-refractivity contribution in [3.8, 4) is 0 Å². The van der Waals surface area contributed by atoms with E-state index in [2.05, 4.69) is 10.2 Å². The van der Waals surface area contributed by atoms with E-state index in [9.17, 15) is 0 Å². The summed E-state index contributed by atoms with van der Waals surface area (Å²) in [6.07, 6.45) is 8.29. The SMILES string of the molecule is COC1(OC)CCN(C(=S)NC2CCCCC2)CC1. The van der Waals surface area contributed by atoms with Crippen molar-refractivity contribution in [2.45, 2.75) is 56.8 Å². The molecule has 0 atom stereocenters. The highest BCUT2D eigenvalue weighted by Gasteiger charge is 2.35. The van der Waals surface area contributed by atoms with E-state index in [0.717, 1.165) is 31.0 Å². The van der Waals surface area contributed by atoms with E-state index in [0.29, 0.717) is 6.04 Å². The molecule has 0 spiro atoms. The van der Waals surface area contributed by atoms with Crippen LogP contribution in [0.4, 0.5) is 0 Å². The maximum absolute atomic E-state index is 5.54. The van der Waals surface area contributed by atoms with Gasteiger partial charge in [-0.3, -0.25) is 0 Å². The van der Waals surface area contributed by atoms with E-state index in [4.69, 9.17) is 21.7 Å². The zero-order valence-electron chi connectivity index (χ0n) is 12.1. The zero-order chi connectivity index (χ0) is 13.7. The molecule has 1 saturated heterocycles. The standard InChI is InChI=1S/C14H26N2O2S/c1-17-14(18-2)8-10-16(11-9-14)13(19)15-12-6-4-3-5-7-12/h12H,3-11H2,1-2H3,(H,15,19). The van der Waals surface area contributed by atoms with Crippen molar-refractivity contribution in [2.24, 2.45) is 0 Å². The van der Waals surface area contributed by atoms with Crippen LogP contribution >= 0.6 is 12.2 Å². The zero-order valence-corrected chi connectivity index (χ0v) is 12.9. The highest BCUT2D eigenvalue weighted by atomic mass is 32.1. The molecular formula is C14H26N2O2S. The van der Waals surface area contributed by atoms with Gasteiger partial charge in [-0.2, -0.15) is 0 Å². The van der Waals surface area contributed by atoms with Crippen LogP contribution in [0.2, 0.25) is 0 Å². The van der Waals surface area contributed by atoms with E-state index in [1.807, 2.05) is 0 Å². The molecule has 1 heterocycles. The summed E-state index contributed by atoms with van der Waals surface area (Å²) >= 11 is 5.54. The van der Waals surface area contributed by atoms with Crippen molar-refractivity contribution >= 4 is 17.3 Å². The molecule has 0 bridgehead atoms. The highest BCUT2D eigenvalue weighted by Crippen LogP contribution is 2.26. The van der Waals surface area contributed by atoms with Gasteiger partial charge in [0.2, 0.25) is 0 Å². The molecule has 0 aromatic carbocycles. The number of hydrogen-bond donors (Lipinski definition) is 1. The second-order valence-electron chi connectivity index (χ2n) is 5.59. The molecule has 4 nitrogen and oxygen atoms in total. The number of methoxy groups -OCH3 is 2. The predicted octanol–water partition coefficient (Wildman–Crippen LogP) is 2.28. The maximum atomic E-state index is 5.54. The number of piperidine rings is 1. The van der Waals surface area contributed by atoms with Gasteiger partial charge in [-0.25, -0.2) is 0 Å². The molecule has 0 unspecified atom stereocenters. The summed E-state index contributed by atoms with van der Waals surface area (Å²) in [5.41, 5.74) is 0. The minimum absolute atomic E-state index is 0.406. The van der Waals surface area contributed by atoms with Gasteiger partial charge in [0.05, 0.1) is 0 Å². The van der Waals surface area contributed by atoms with Gasteiger partial charge in [0.15, 0.2) is 10.9 Å². The summed E-state index contributed by atoms with van der Waals surface area (Å²) in [6, 6.07) is 0.581. The Morgan fingerprint density at radius 2 is 1.68 bits per heavy atom. The third-order valence-electron chi connectivity index (χ3n) is 4.49. The van der Waals surface area contributed by atoms with E-state index in [1.165, 1.54) is 32.1 Å². The Kier molecular flexibility index (Phi) is 5.42. The molecule has 1 saturated carbocycles. The predicted molar refractivity (Wildman–Crippen MR) is 80.2 cm³/mol. The van der Waals surface area contributed by atoms with Crippen molar-refractivity contribution in [1.29, 1.82) is 0 Å². The van der Waals surface area contributed by atoms with Gasteiger partial charge in [0.1, 0.15) is 0 Å². The van der Waals surface area contributed by atoms with Crippen LogP contribution in [0.5, 0.6) is 0 Å². The lowest BCUT2D eigenvalue weighted by Gasteiger charge is -2.41. The molecule has 0 aromatic rings. The fourth-order valence-electron chi connectivity index (χ4n) is 3.05. The number of hydrogen-bond acceptors (Lipinski definition) is 3. The minimum Gasteiger partial charge on any atom is -0.360 e. The van der Waals surface area contributed by atoms with Crippen molar-refractivity contribution < 1.29 is 9.47 Å². The first-order valence-electron chi connectivity index (χ1n) is 7.35. The Morgan fingerprint density at radius 1 is 1.11 bits per heavy atom. The summed E-state index contributed by atoms with van der Waals surface area (Å²) in [5, 5.41) is 4.44. The summed E-state index contributed by atoms with van der Waals surface area (Å²) in [7, 11) is 3.44. The minimum atomic E-state index is -0.406.